The van der Waals surface area contributed by atoms with E-state index in [2.05, 4.69) is 16.8 Å². The summed E-state index contributed by atoms with van der Waals surface area (Å²) in [6.07, 6.45) is 2.51. The van der Waals surface area contributed by atoms with Crippen molar-refractivity contribution in [2.75, 3.05) is 46.8 Å². The van der Waals surface area contributed by atoms with Crippen molar-refractivity contribution in [3.05, 3.63) is 34.8 Å². The van der Waals surface area contributed by atoms with Crippen LogP contribution in [0.5, 0.6) is 0 Å². The molecule has 2 aliphatic heterocycles. The van der Waals surface area contributed by atoms with Gasteiger partial charge in [-0.3, -0.25) is 19.2 Å². The van der Waals surface area contributed by atoms with E-state index in [4.69, 9.17) is 4.42 Å². The molecule has 1 atom stereocenters. The van der Waals surface area contributed by atoms with Gasteiger partial charge in [-0.15, -0.1) is 0 Å². The average molecular weight is 372 g/mol. The molecule has 2 aromatic rings. The summed E-state index contributed by atoms with van der Waals surface area (Å²) in [6, 6.07) is 7.57. The van der Waals surface area contributed by atoms with Crippen LogP contribution in [0.3, 0.4) is 0 Å². The first-order valence-electron chi connectivity index (χ1n) is 9.74. The summed E-state index contributed by atoms with van der Waals surface area (Å²) in [7, 11) is 4.08. The van der Waals surface area contributed by atoms with Crippen LogP contribution in [0.4, 0.5) is 0 Å². The van der Waals surface area contributed by atoms with Crippen molar-refractivity contribution in [1.82, 2.24) is 19.3 Å². The maximum absolute atomic E-state index is 12.2. The predicted octanol–water partition coefficient (Wildman–Crippen LogP) is 1.22. The summed E-state index contributed by atoms with van der Waals surface area (Å²) in [6.45, 7) is 5.14. The second-order valence-electron chi connectivity index (χ2n) is 7.97. The monoisotopic (exact) mass is 372 g/mol. The molecular weight excluding hydrogens is 344 g/mol. The predicted molar refractivity (Wildman–Crippen MR) is 104 cm³/mol. The van der Waals surface area contributed by atoms with Gasteiger partial charge in [0.05, 0.1) is 5.52 Å². The second-order valence-corrected chi connectivity index (χ2v) is 7.97. The lowest BCUT2D eigenvalue weighted by molar-refractivity contribution is -0.129. The molecule has 2 fully saturated rings. The topological polar surface area (TPSA) is 61.9 Å². The standard InChI is InChI=1S/C20H28N4O3/c1-21-10-9-20(8-7-18(21)25)15-23(12-11-22(20)2)13-14-24-16-5-3-4-6-17(16)27-19(24)26/h3-6H,7-15H2,1-2H3. The van der Waals surface area contributed by atoms with Crippen molar-refractivity contribution in [2.24, 2.45) is 0 Å². The number of fused-ring (bicyclic) bond motifs is 1. The molecule has 0 radical (unpaired) electrons. The van der Waals surface area contributed by atoms with Crippen LogP contribution in [-0.2, 0) is 11.3 Å². The zero-order valence-electron chi connectivity index (χ0n) is 16.2. The van der Waals surface area contributed by atoms with Gasteiger partial charge in [-0.1, -0.05) is 12.1 Å². The van der Waals surface area contributed by atoms with Crippen LogP contribution < -0.4 is 5.76 Å². The number of piperazine rings is 1. The van der Waals surface area contributed by atoms with Crippen LogP contribution >= 0.6 is 0 Å². The molecule has 146 valence electrons. The lowest BCUT2D eigenvalue weighted by Gasteiger charge is -2.49. The lowest BCUT2D eigenvalue weighted by Crippen LogP contribution is -2.61. The lowest BCUT2D eigenvalue weighted by atomic mass is 9.86. The van der Waals surface area contributed by atoms with E-state index < -0.39 is 0 Å². The van der Waals surface area contributed by atoms with Crippen molar-refractivity contribution in [3.63, 3.8) is 0 Å². The number of amides is 1. The average Bonchev–Trinajstić information content (AvgIpc) is 2.92. The number of carbonyl (C=O) groups is 1. The zero-order valence-corrected chi connectivity index (χ0v) is 16.2. The molecule has 0 bridgehead atoms. The van der Waals surface area contributed by atoms with E-state index >= 15 is 0 Å². The van der Waals surface area contributed by atoms with Crippen LogP contribution in [-0.4, -0.2) is 77.5 Å². The molecule has 7 heteroatoms. The fraction of sp³-hybridized carbons (Fsp3) is 0.600. The Balaban J connectivity index is 1.48. The quantitative estimate of drug-likeness (QED) is 0.811. The Kier molecular flexibility index (Phi) is 4.82. The minimum absolute atomic E-state index is 0.0437. The van der Waals surface area contributed by atoms with Crippen LogP contribution in [0, 0.1) is 0 Å². The third-order valence-corrected chi connectivity index (χ3v) is 6.44. The Bertz CT molecular complexity index is 889. The van der Waals surface area contributed by atoms with Gasteiger partial charge in [0, 0.05) is 58.3 Å². The van der Waals surface area contributed by atoms with Gasteiger partial charge < -0.3 is 9.32 Å². The van der Waals surface area contributed by atoms with Gasteiger partial charge in [0.15, 0.2) is 5.58 Å². The van der Waals surface area contributed by atoms with E-state index in [1.807, 2.05) is 36.2 Å². The van der Waals surface area contributed by atoms with Gasteiger partial charge in [-0.05, 0) is 32.0 Å². The van der Waals surface area contributed by atoms with Crippen LogP contribution in [0.15, 0.2) is 33.5 Å². The Morgan fingerprint density at radius 2 is 1.85 bits per heavy atom. The highest BCUT2D eigenvalue weighted by molar-refractivity contribution is 5.76. The number of oxazole rings is 1. The van der Waals surface area contributed by atoms with E-state index in [0.29, 0.717) is 18.5 Å². The van der Waals surface area contributed by atoms with E-state index in [9.17, 15) is 9.59 Å². The summed E-state index contributed by atoms with van der Waals surface area (Å²) in [5.41, 5.74) is 1.54. The van der Waals surface area contributed by atoms with Gasteiger partial charge >= 0.3 is 5.76 Å². The number of carbonyl (C=O) groups excluding carboxylic acids is 1. The molecule has 1 unspecified atom stereocenters. The summed E-state index contributed by atoms with van der Waals surface area (Å²) in [5.74, 6) is -0.0458. The minimum Gasteiger partial charge on any atom is -0.408 e. The number of aromatic nitrogens is 1. The van der Waals surface area contributed by atoms with Gasteiger partial charge in [0.2, 0.25) is 5.91 Å². The van der Waals surface area contributed by atoms with Crippen molar-refractivity contribution in [1.29, 1.82) is 0 Å². The third-order valence-electron chi connectivity index (χ3n) is 6.44. The largest absolute Gasteiger partial charge is 0.419 e. The molecule has 4 rings (SSSR count). The Morgan fingerprint density at radius 3 is 2.70 bits per heavy atom. The van der Waals surface area contributed by atoms with Gasteiger partial charge in [-0.2, -0.15) is 0 Å². The molecule has 2 aliphatic rings. The minimum atomic E-state index is -0.290. The number of likely N-dealkylation sites (N-methyl/N-ethyl adjacent to an activating group) is 1. The number of hydrogen-bond donors (Lipinski definition) is 0. The highest BCUT2D eigenvalue weighted by atomic mass is 16.4. The maximum Gasteiger partial charge on any atom is 0.419 e. The van der Waals surface area contributed by atoms with E-state index in [1.54, 1.807) is 4.57 Å². The first-order chi connectivity index (χ1) is 13.0. The second kappa shape index (κ2) is 7.13. The SMILES string of the molecule is CN1CCC2(CCC1=O)CN(CCn1c(=O)oc3ccccc31)CCN2C. The highest BCUT2D eigenvalue weighted by Gasteiger charge is 2.41. The first-order valence-corrected chi connectivity index (χ1v) is 9.74. The molecule has 3 heterocycles. The molecule has 0 aliphatic carbocycles. The summed E-state index contributed by atoms with van der Waals surface area (Å²) in [5, 5.41) is 0. The molecule has 1 aromatic carbocycles. The van der Waals surface area contributed by atoms with Crippen molar-refractivity contribution >= 4 is 17.0 Å². The fourth-order valence-corrected chi connectivity index (χ4v) is 4.50. The van der Waals surface area contributed by atoms with Gasteiger partial charge in [-0.25, -0.2) is 4.79 Å². The number of hydrogen-bond acceptors (Lipinski definition) is 5. The van der Waals surface area contributed by atoms with Crippen LogP contribution in [0.1, 0.15) is 19.3 Å². The highest BCUT2D eigenvalue weighted by Crippen LogP contribution is 2.31. The maximum atomic E-state index is 12.2. The Morgan fingerprint density at radius 1 is 1.04 bits per heavy atom. The van der Waals surface area contributed by atoms with E-state index in [1.165, 1.54) is 0 Å². The fourth-order valence-electron chi connectivity index (χ4n) is 4.50. The number of rotatable bonds is 3. The molecule has 27 heavy (non-hydrogen) atoms. The van der Waals surface area contributed by atoms with Crippen molar-refractivity contribution in [3.8, 4) is 0 Å². The molecular formula is C20H28N4O3. The number of para-hydroxylation sites is 2. The smallest absolute Gasteiger partial charge is 0.408 e. The van der Waals surface area contributed by atoms with Crippen LogP contribution in [0.25, 0.3) is 11.1 Å². The normalized spacial score (nSPS) is 25.4. The molecule has 0 saturated carbocycles. The van der Waals surface area contributed by atoms with E-state index in [0.717, 1.165) is 51.1 Å². The van der Waals surface area contributed by atoms with Crippen molar-refractivity contribution < 1.29 is 9.21 Å². The third kappa shape index (κ3) is 3.41. The first kappa shape index (κ1) is 18.3. The Labute approximate surface area is 159 Å². The molecule has 1 aromatic heterocycles. The number of likely N-dealkylation sites (tertiary alicyclic amines) is 1. The Hall–Kier alpha value is -2.12. The number of nitrogens with zero attached hydrogens (tertiary/aromatic N) is 4. The van der Waals surface area contributed by atoms with E-state index in [-0.39, 0.29) is 17.2 Å². The summed E-state index contributed by atoms with van der Waals surface area (Å²) < 4.78 is 7.07. The van der Waals surface area contributed by atoms with Gasteiger partial charge in [0.1, 0.15) is 0 Å². The summed E-state index contributed by atoms with van der Waals surface area (Å²) in [4.78, 5) is 31.1. The van der Waals surface area contributed by atoms with Crippen LogP contribution in [0.2, 0.25) is 0 Å². The van der Waals surface area contributed by atoms with Crippen molar-refractivity contribution in [2.45, 2.75) is 31.3 Å². The van der Waals surface area contributed by atoms with Gasteiger partial charge in [0.25, 0.3) is 0 Å². The molecule has 0 N–H and O–H groups in total. The molecule has 1 amide bonds. The molecule has 2 saturated heterocycles. The zero-order chi connectivity index (χ0) is 19.0. The molecule has 1 spiro atoms. The molecule has 7 nitrogen and oxygen atoms in total. The number of benzene rings is 1. The summed E-state index contributed by atoms with van der Waals surface area (Å²) >= 11 is 0.